The summed E-state index contributed by atoms with van der Waals surface area (Å²) in [6.45, 7) is 13.5. The van der Waals surface area contributed by atoms with Crippen molar-refractivity contribution in [1.29, 1.82) is 0 Å². The average Bonchev–Trinajstić information content (AvgIpc) is 3.38. The SMILES string of the molecule is C/C1=C/C[C@@H](/C(C)=C/c2csc(C)n2)OC(=O)C[C@H](O)C(C)(C)C(=O)[C@H](C)[C@@H](OC(=O)CCCCCCCN)[C@@H](C)/C=C\C1. The number of nitrogens with two attached hydrogens (primary N) is 1. The van der Waals surface area contributed by atoms with Crippen LogP contribution in [0.5, 0.6) is 0 Å². The summed E-state index contributed by atoms with van der Waals surface area (Å²) in [7, 11) is 0. The molecule has 0 saturated heterocycles. The molecule has 8 nitrogen and oxygen atoms in total. The van der Waals surface area contributed by atoms with Crippen LogP contribution in [-0.4, -0.2) is 52.7 Å². The van der Waals surface area contributed by atoms with Gasteiger partial charge in [-0.05, 0) is 58.2 Å². The van der Waals surface area contributed by atoms with Gasteiger partial charge < -0.3 is 20.3 Å². The number of aryl methyl sites for hydroxylation is 1. The molecule has 1 aromatic rings. The second kappa shape index (κ2) is 18.4. The number of hydrogen-bond acceptors (Lipinski definition) is 9. The van der Waals surface area contributed by atoms with E-state index in [-0.39, 0.29) is 30.5 Å². The summed E-state index contributed by atoms with van der Waals surface area (Å²) in [6, 6.07) is 0. The van der Waals surface area contributed by atoms with Gasteiger partial charge >= 0.3 is 11.9 Å². The minimum Gasteiger partial charge on any atom is -0.461 e. The summed E-state index contributed by atoms with van der Waals surface area (Å²) in [5.74, 6) is -2.12. The molecule has 0 saturated carbocycles. The zero-order valence-corrected chi connectivity index (χ0v) is 28.6. The Hall–Kier alpha value is -2.62. The van der Waals surface area contributed by atoms with Crippen molar-refractivity contribution in [1.82, 2.24) is 4.98 Å². The highest BCUT2D eigenvalue weighted by Crippen LogP contribution is 2.33. The minimum absolute atomic E-state index is 0.236. The van der Waals surface area contributed by atoms with Crippen molar-refractivity contribution < 1.29 is 29.0 Å². The van der Waals surface area contributed by atoms with Gasteiger partial charge in [0.25, 0.3) is 0 Å². The lowest BCUT2D eigenvalue weighted by atomic mass is 9.73. The molecule has 9 heteroatoms. The van der Waals surface area contributed by atoms with Crippen molar-refractivity contribution in [3.8, 4) is 0 Å². The van der Waals surface area contributed by atoms with Crippen LogP contribution in [0.2, 0.25) is 0 Å². The second-order valence-corrected chi connectivity index (χ2v) is 13.9. The molecule has 0 unspecified atom stereocenters. The number of unbranched alkanes of at least 4 members (excludes halogenated alkanes) is 4. The highest BCUT2D eigenvalue weighted by atomic mass is 32.1. The first-order valence-corrected chi connectivity index (χ1v) is 16.9. The number of Topliss-reactive ketones (excluding diaryl/α,β-unsaturated/α-hetero) is 1. The lowest BCUT2D eigenvalue weighted by Crippen LogP contribution is -2.46. The number of ether oxygens (including phenoxy) is 2. The highest BCUT2D eigenvalue weighted by molar-refractivity contribution is 7.09. The molecule has 5 atom stereocenters. The summed E-state index contributed by atoms with van der Waals surface area (Å²) in [4.78, 5) is 44.3. The number of hydrogen-bond donors (Lipinski definition) is 2. The Labute approximate surface area is 268 Å². The normalized spacial score (nSPS) is 27.7. The molecule has 0 aliphatic carbocycles. The maximum Gasteiger partial charge on any atom is 0.309 e. The van der Waals surface area contributed by atoms with E-state index in [1.807, 2.05) is 51.3 Å². The molecule has 1 aromatic heterocycles. The molecule has 0 fully saturated rings. The number of ketones is 1. The molecule has 0 aromatic carbocycles. The van der Waals surface area contributed by atoms with Crippen molar-refractivity contribution in [2.75, 3.05) is 6.54 Å². The molecule has 246 valence electrons. The third-order valence-corrected chi connectivity index (χ3v) is 9.25. The van der Waals surface area contributed by atoms with Gasteiger partial charge in [-0.15, -0.1) is 11.3 Å². The number of thiazole rings is 1. The van der Waals surface area contributed by atoms with Crippen LogP contribution in [0.1, 0.15) is 110 Å². The molecule has 0 radical (unpaired) electrons. The highest BCUT2D eigenvalue weighted by Gasteiger charge is 2.43. The van der Waals surface area contributed by atoms with Crippen molar-refractivity contribution in [3.63, 3.8) is 0 Å². The largest absolute Gasteiger partial charge is 0.461 e. The Kier molecular flexibility index (Phi) is 15.7. The second-order valence-electron chi connectivity index (χ2n) is 12.8. The molecular weight excluding hydrogens is 576 g/mol. The third kappa shape index (κ3) is 12.1. The number of esters is 2. The van der Waals surface area contributed by atoms with E-state index in [0.29, 0.717) is 19.4 Å². The molecule has 0 bridgehead atoms. The fourth-order valence-corrected chi connectivity index (χ4v) is 5.98. The fourth-order valence-electron chi connectivity index (χ4n) is 5.41. The van der Waals surface area contributed by atoms with Gasteiger partial charge in [-0.25, -0.2) is 4.98 Å². The van der Waals surface area contributed by atoms with E-state index >= 15 is 0 Å². The van der Waals surface area contributed by atoms with Crippen molar-refractivity contribution in [3.05, 3.63) is 45.5 Å². The Balaban J connectivity index is 2.30. The van der Waals surface area contributed by atoms with Gasteiger partial charge in [-0.1, -0.05) is 70.8 Å². The van der Waals surface area contributed by atoms with Crippen molar-refractivity contribution in [2.45, 2.75) is 125 Å². The number of carbonyl (C=O) groups excluding carboxylic acids is 3. The van der Waals surface area contributed by atoms with Gasteiger partial charge in [0, 0.05) is 24.1 Å². The van der Waals surface area contributed by atoms with Gasteiger partial charge in [0.15, 0.2) is 0 Å². The maximum atomic E-state index is 13.8. The van der Waals surface area contributed by atoms with Crippen LogP contribution in [0, 0.1) is 24.2 Å². The third-order valence-electron chi connectivity index (χ3n) is 8.46. The first-order valence-electron chi connectivity index (χ1n) is 16.0. The van der Waals surface area contributed by atoms with E-state index in [4.69, 9.17) is 15.2 Å². The van der Waals surface area contributed by atoms with Crippen LogP contribution in [0.25, 0.3) is 6.08 Å². The van der Waals surface area contributed by atoms with Gasteiger partial charge in [-0.2, -0.15) is 0 Å². The molecule has 2 rings (SSSR count). The zero-order valence-electron chi connectivity index (χ0n) is 27.8. The first-order chi connectivity index (χ1) is 20.8. The Morgan fingerprint density at radius 3 is 2.52 bits per heavy atom. The zero-order chi connectivity index (χ0) is 32.9. The number of carbonyl (C=O) groups is 3. The summed E-state index contributed by atoms with van der Waals surface area (Å²) in [5, 5.41) is 14.1. The molecule has 3 N–H and O–H groups in total. The van der Waals surface area contributed by atoms with Crippen LogP contribution in [0.3, 0.4) is 0 Å². The molecule has 0 amide bonds. The van der Waals surface area contributed by atoms with Crippen molar-refractivity contribution >= 4 is 35.1 Å². The van der Waals surface area contributed by atoms with Crippen LogP contribution < -0.4 is 5.73 Å². The molecule has 1 aliphatic heterocycles. The Morgan fingerprint density at radius 2 is 1.86 bits per heavy atom. The number of cyclic esters (lactones) is 1. The van der Waals surface area contributed by atoms with Gasteiger partial charge in [0.1, 0.15) is 18.0 Å². The lowest BCUT2D eigenvalue weighted by Gasteiger charge is -2.35. The van der Waals surface area contributed by atoms with E-state index in [1.54, 1.807) is 32.1 Å². The van der Waals surface area contributed by atoms with Crippen LogP contribution in [0.15, 0.2) is 34.8 Å². The average molecular weight is 631 g/mol. The topological polar surface area (TPSA) is 129 Å². The van der Waals surface area contributed by atoms with Crippen LogP contribution >= 0.6 is 11.3 Å². The number of aliphatic hydroxyl groups excluding tert-OH is 1. The van der Waals surface area contributed by atoms with Gasteiger partial charge in [0.05, 0.1) is 34.6 Å². The van der Waals surface area contributed by atoms with Crippen LogP contribution in [-0.2, 0) is 23.9 Å². The Bertz CT molecular complexity index is 1180. The summed E-state index contributed by atoms with van der Waals surface area (Å²) < 4.78 is 11.8. The number of nitrogens with zero attached hydrogens (tertiary/aromatic N) is 1. The standard InChI is InChI=1S/C35H54N2O6S/c1-23-14-13-15-24(2)33(43-31(39)16-11-9-8-10-12-19-36)26(4)34(41)35(6,7)30(38)21-32(40)42-29(18-17-23)25(3)20-28-22-44-27(5)37-28/h13,15,17,20,22,24,26,29-30,33,38H,8-12,14,16,18-19,21,36H2,1-7H3/b15-13-,23-17-,25-20+/t24-,26+,29-,30-,33-/m0/s1. The number of allylic oxidation sites excluding steroid dienone is 2. The molecule has 1 aliphatic rings. The molecule has 2 heterocycles. The van der Waals surface area contributed by atoms with E-state index in [1.165, 1.54) is 0 Å². The monoisotopic (exact) mass is 630 g/mol. The van der Waals surface area contributed by atoms with Gasteiger partial charge in [0.2, 0.25) is 0 Å². The van der Waals surface area contributed by atoms with Crippen molar-refractivity contribution in [2.24, 2.45) is 23.0 Å². The maximum absolute atomic E-state index is 13.8. The first kappa shape index (κ1) is 37.6. The quantitative estimate of drug-likeness (QED) is 0.162. The van der Waals surface area contributed by atoms with Gasteiger partial charge in [-0.3, -0.25) is 14.4 Å². The fraction of sp³-hybridized carbons (Fsp3) is 0.657. The summed E-state index contributed by atoms with van der Waals surface area (Å²) in [6.07, 6.45) is 11.2. The molecule has 44 heavy (non-hydrogen) atoms. The minimum atomic E-state index is -1.28. The van der Waals surface area contributed by atoms with Crippen LogP contribution in [0.4, 0.5) is 0 Å². The Morgan fingerprint density at radius 1 is 1.18 bits per heavy atom. The van der Waals surface area contributed by atoms with E-state index in [9.17, 15) is 19.5 Å². The lowest BCUT2D eigenvalue weighted by molar-refractivity contribution is -0.159. The number of rotatable bonds is 10. The van der Waals surface area contributed by atoms with E-state index < -0.39 is 35.6 Å². The summed E-state index contributed by atoms with van der Waals surface area (Å²) in [5.41, 5.74) is 7.02. The number of aliphatic hydroxyl groups is 1. The van der Waals surface area contributed by atoms with E-state index in [0.717, 1.165) is 54.0 Å². The predicted octanol–water partition coefficient (Wildman–Crippen LogP) is 6.89. The predicted molar refractivity (Wildman–Crippen MR) is 177 cm³/mol. The summed E-state index contributed by atoms with van der Waals surface area (Å²) >= 11 is 1.55. The molecule has 0 spiro atoms. The molecular formula is C35H54N2O6S. The van der Waals surface area contributed by atoms with E-state index in [2.05, 4.69) is 11.1 Å². The smallest absolute Gasteiger partial charge is 0.309 e. The number of aromatic nitrogens is 1.